The van der Waals surface area contributed by atoms with E-state index in [1.807, 2.05) is 12.1 Å². The van der Waals surface area contributed by atoms with Crippen molar-refractivity contribution in [1.29, 1.82) is 0 Å². The van der Waals surface area contributed by atoms with Crippen LogP contribution in [0.3, 0.4) is 0 Å². The first kappa shape index (κ1) is 22.2. The first-order valence-electron chi connectivity index (χ1n) is 8.06. The summed E-state index contributed by atoms with van der Waals surface area (Å²) >= 11 is 0. The van der Waals surface area contributed by atoms with Crippen LogP contribution in [0.15, 0.2) is 34.2 Å². The van der Waals surface area contributed by atoms with Crippen molar-refractivity contribution in [3.05, 3.63) is 29.8 Å². The van der Waals surface area contributed by atoms with Gasteiger partial charge in [-0.25, -0.2) is 13.1 Å². The van der Waals surface area contributed by atoms with Gasteiger partial charge in [0, 0.05) is 31.1 Å². The molecule has 1 saturated heterocycles. The Morgan fingerprint density at radius 3 is 2.16 bits per heavy atom. The van der Waals surface area contributed by atoms with Gasteiger partial charge >= 0.3 is 0 Å². The third-order valence-electron chi connectivity index (χ3n) is 5.30. The minimum absolute atomic E-state index is 0. The molecule has 0 amide bonds. The van der Waals surface area contributed by atoms with Gasteiger partial charge < -0.3 is 10.2 Å². The predicted octanol–water partition coefficient (Wildman–Crippen LogP) is 2.41. The Morgan fingerprint density at radius 2 is 1.76 bits per heavy atom. The van der Waals surface area contributed by atoms with Crippen LogP contribution in [0.5, 0.6) is 0 Å². The molecule has 0 radical (unpaired) electrons. The largest absolute Gasteiger partial charge is 0.352 e. The van der Waals surface area contributed by atoms with Gasteiger partial charge in [0.1, 0.15) is 0 Å². The minimum Gasteiger partial charge on any atom is -0.352 e. The number of halogens is 1. The molecule has 25 heavy (non-hydrogen) atoms. The van der Waals surface area contributed by atoms with Gasteiger partial charge in [-0.2, -0.15) is 0 Å². The summed E-state index contributed by atoms with van der Waals surface area (Å²) in [5.41, 5.74) is 1.29. The Labute approximate surface area is 168 Å². The van der Waals surface area contributed by atoms with Crippen molar-refractivity contribution >= 4 is 40.0 Å². The summed E-state index contributed by atoms with van der Waals surface area (Å²) in [6, 6.07) is 6.86. The topological polar surface area (TPSA) is 73.8 Å². The third kappa shape index (κ3) is 4.28. The normalized spacial score (nSPS) is 19.0. The summed E-state index contributed by atoms with van der Waals surface area (Å²) in [6.45, 7) is 10.5. The smallest absolute Gasteiger partial charge is 0.240 e. The number of rotatable bonds is 4. The molecular formula is C17H29IN4O2S. The van der Waals surface area contributed by atoms with Crippen LogP contribution in [0.1, 0.15) is 33.3 Å². The zero-order valence-electron chi connectivity index (χ0n) is 15.8. The van der Waals surface area contributed by atoms with Crippen molar-refractivity contribution in [3.8, 4) is 0 Å². The fraction of sp³-hybridized carbons (Fsp3) is 0.588. The van der Waals surface area contributed by atoms with Gasteiger partial charge in [0.2, 0.25) is 10.0 Å². The fourth-order valence-electron chi connectivity index (χ4n) is 2.78. The lowest BCUT2D eigenvalue weighted by molar-refractivity contribution is -0.0667. The van der Waals surface area contributed by atoms with E-state index in [-0.39, 0.29) is 39.8 Å². The maximum absolute atomic E-state index is 11.7. The Balaban J connectivity index is 0.00000312. The summed E-state index contributed by atoms with van der Waals surface area (Å²) in [4.78, 5) is 6.92. The van der Waals surface area contributed by atoms with E-state index in [2.05, 4.69) is 47.6 Å². The molecule has 0 aromatic heterocycles. The molecule has 1 aromatic carbocycles. The van der Waals surface area contributed by atoms with Crippen molar-refractivity contribution in [1.82, 2.24) is 14.9 Å². The number of nitrogens with one attached hydrogen (secondary N) is 2. The molecule has 0 aliphatic carbocycles. The summed E-state index contributed by atoms with van der Waals surface area (Å²) in [7, 11) is -0.198. The number of benzene rings is 1. The van der Waals surface area contributed by atoms with Crippen LogP contribution in [0.2, 0.25) is 0 Å². The van der Waals surface area contributed by atoms with Crippen LogP contribution < -0.4 is 10.0 Å². The number of hydrogen-bond acceptors (Lipinski definition) is 3. The second-order valence-electron chi connectivity index (χ2n) is 7.28. The first-order chi connectivity index (χ1) is 11.0. The van der Waals surface area contributed by atoms with Gasteiger partial charge in [0.15, 0.2) is 5.96 Å². The van der Waals surface area contributed by atoms with Gasteiger partial charge in [-0.15, -0.1) is 24.0 Å². The quantitative estimate of drug-likeness (QED) is 0.395. The van der Waals surface area contributed by atoms with Crippen molar-refractivity contribution in [3.63, 3.8) is 0 Å². The van der Waals surface area contributed by atoms with Crippen LogP contribution in [-0.2, 0) is 16.6 Å². The van der Waals surface area contributed by atoms with E-state index in [0.717, 1.165) is 18.1 Å². The molecule has 8 heteroatoms. The Morgan fingerprint density at radius 1 is 1.20 bits per heavy atom. The molecule has 0 unspecified atom stereocenters. The fourth-order valence-corrected chi connectivity index (χ4v) is 3.51. The molecule has 0 spiro atoms. The van der Waals surface area contributed by atoms with E-state index in [4.69, 9.17) is 0 Å². The summed E-state index contributed by atoms with van der Waals surface area (Å²) in [5.74, 6) is 0.867. The number of hydrogen-bond donors (Lipinski definition) is 2. The summed E-state index contributed by atoms with van der Waals surface area (Å²) < 4.78 is 25.8. The molecule has 2 rings (SSSR count). The predicted molar refractivity (Wildman–Crippen MR) is 113 cm³/mol. The number of aliphatic imine (C=N–C) groups is 1. The molecule has 0 bridgehead atoms. The van der Waals surface area contributed by atoms with Crippen molar-refractivity contribution in [2.45, 2.75) is 44.7 Å². The van der Waals surface area contributed by atoms with Crippen molar-refractivity contribution < 1.29 is 8.42 Å². The second-order valence-corrected chi connectivity index (χ2v) is 9.17. The van der Waals surface area contributed by atoms with E-state index in [9.17, 15) is 8.42 Å². The highest BCUT2D eigenvalue weighted by atomic mass is 127. The molecule has 1 aliphatic rings. The Hall–Kier alpha value is -0.870. The standard InChI is InChI=1S/C17H28N4O2S.HI/c1-16(2)12-21(17(16,3)4)15(18-5)20-11-13-7-9-14(10-8-13)24(22,23)19-6;/h7-10,19H,11-12H2,1-6H3,(H,18,20);1H. The molecular weight excluding hydrogens is 451 g/mol. The van der Waals surface area contributed by atoms with Crippen molar-refractivity contribution in [2.75, 3.05) is 20.6 Å². The van der Waals surface area contributed by atoms with Crippen LogP contribution >= 0.6 is 24.0 Å². The molecule has 0 atom stereocenters. The number of likely N-dealkylation sites (tertiary alicyclic amines) is 1. The van der Waals surface area contributed by atoms with Gasteiger partial charge in [0.05, 0.1) is 4.90 Å². The number of guanidine groups is 1. The van der Waals surface area contributed by atoms with Crippen LogP contribution in [0.4, 0.5) is 0 Å². The van der Waals surface area contributed by atoms with Crippen molar-refractivity contribution in [2.24, 2.45) is 10.4 Å². The highest BCUT2D eigenvalue weighted by Crippen LogP contribution is 2.46. The van der Waals surface area contributed by atoms with E-state index in [0.29, 0.717) is 6.54 Å². The van der Waals surface area contributed by atoms with Crippen LogP contribution in [0.25, 0.3) is 0 Å². The molecule has 1 heterocycles. The van der Waals surface area contributed by atoms with Gasteiger partial charge in [-0.05, 0) is 38.6 Å². The Bertz CT molecular complexity index is 728. The summed E-state index contributed by atoms with van der Waals surface area (Å²) in [5, 5.41) is 3.36. The maximum Gasteiger partial charge on any atom is 0.240 e. The zero-order valence-corrected chi connectivity index (χ0v) is 18.9. The molecule has 6 nitrogen and oxygen atoms in total. The van der Waals surface area contributed by atoms with Crippen LogP contribution in [0, 0.1) is 5.41 Å². The average Bonchev–Trinajstić information content (AvgIpc) is 2.54. The van der Waals surface area contributed by atoms with E-state index in [1.54, 1.807) is 19.2 Å². The number of sulfonamides is 1. The highest BCUT2D eigenvalue weighted by Gasteiger charge is 2.53. The average molecular weight is 480 g/mol. The first-order valence-corrected chi connectivity index (χ1v) is 9.54. The molecule has 1 fully saturated rings. The Kier molecular flexibility index (Phi) is 6.91. The monoisotopic (exact) mass is 480 g/mol. The SMILES string of the molecule is CN=C(NCc1ccc(S(=O)(=O)NC)cc1)N1CC(C)(C)C1(C)C.I. The van der Waals surface area contributed by atoms with Gasteiger partial charge in [0.25, 0.3) is 0 Å². The lowest BCUT2D eigenvalue weighted by Gasteiger charge is -2.62. The van der Waals surface area contributed by atoms with E-state index < -0.39 is 10.0 Å². The molecule has 0 saturated carbocycles. The third-order valence-corrected chi connectivity index (χ3v) is 6.74. The van der Waals surface area contributed by atoms with Gasteiger partial charge in [-0.1, -0.05) is 26.0 Å². The second kappa shape index (κ2) is 7.79. The number of nitrogens with zero attached hydrogens (tertiary/aromatic N) is 2. The zero-order chi connectivity index (χ0) is 18.2. The van der Waals surface area contributed by atoms with Crippen LogP contribution in [-0.4, -0.2) is 45.5 Å². The van der Waals surface area contributed by atoms with E-state index >= 15 is 0 Å². The molecule has 1 aliphatic heterocycles. The highest BCUT2D eigenvalue weighted by molar-refractivity contribution is 14.0. The van der Waals surface area contributed by atoms with Gasteiger partial charge in [-0.3, -0.25) is 4.99 Å². The molecule has 2 N–H and O–H groups in total. The maximum atomic E-state index is 11.7. The van der Waals surface area contributed by atoms with E-state index in [1.165, 1.54) is 7.05 Å². The summed E-state index contributed by atoms with van der Waals surface area (Å²) in [6.07, 6.45) is 0. The molecule has 142 valence electrons. The molecule has 1 aromatic rings. The lowest BCUT2D eigenvalue weighted by atomic mass is 9.65. The lowest BCUT2D eigenvalue weighted by Crippen LogP contribution is -2.72. The minimum atomic E-state index is -3.39.